The van der Waals surface area contributed by atoms with Crippen LogP contribution < -0.4 is 4.74 Å². The van der Waals surface area contributed by atoms with Crippen molar-refractivity contribution in [2.75, 3.05) is 33.3 Å². The molecule has 4 nitrogen and oxygen atoms in total. The molecule has 0 aliphatic carbocycles. The topological polar surface area (TPSA) is 32.8 Å². The van der Waals surface area contributed by atoms with E-state index in [-0.39, 0.29) is 5.91 Å². The van der Waals surface area contributed by atoms with E-state index >= 15 is 0 Å². The Kier molecular flexibility index (Phi) is 4.65. The lowest BCUT2D eigenvalue weighted by molar-refractivity contribution is 0.0592. The molecule has 0 unspecified atom stereocenters. The van der Waals surface area contributed by atoms with Gasteiger partial charge in [-0.05, 0) is 38.5 Å². The maximum Gasteiger partial charge on any atom is 0.257 e. The highest BCUT2D eigenvalue weighted by atomic mass is 16.5. The molecule has 1 aliphatic rings. The summed E-state index contributed by atoms with van der Waals surface area (Å²) >= 11 is 0. The number of nitrogens with zero attached hydrogens (tertiary/aromatic N) is 2. The number of hydrogen-bond donors (Lipinski definition) is 0. The third-order valence-corrected chi connectivity index (χ3v) is 3.92. The minimum atomic E-state index is 0.0743. The fourth-order valence-corrected chi connectivity index (χ4v) is 2.59. The molecule has 0 spiro atoms. The molecule has 0 aromatic heterocycles. The van der Waals surface area contributed by atoms with E-state index in [4.69, 9.17) is 4.74 Å². The number of aryl methyl sites for hydroxylation is 1. The Labute approximate surface area is 121 Å². The van der Waals surface area contributed by atoms with E-state index in [1.165, 1.54) is 0 Å². The van der Waals surface area contributed by atoms with Gasteiger partial charge in [0.05, 0.1) is 12.7 Å². The molecule has 1 aliphatic heterocycles. The zero-order chi connectivity index (χ0) is 14.7. The van der Waals surface area contributed by atoms with Crippen molar-refractivity contribution in [1.82, 2.24) is 9.80 Å². The number of carbonyl (C=O) groups is 1. The minimum absolute atomic E-state index is 0.0743. The molecule has 2 rings (SSSR count). The number of carbonyl (C=O) groups excluding carboxylic acids is 1. The lowest BCUT2D eigenvalue weighted by Gasteiger charge is -2.37. The summed E-state index contributed by atoms with van der Waals surface area (Å²) in [6, 6.07) is 6.28. The molecule has 1 heterocycles. The van der Waals surface area contributed by atoms with Crippen molar-refractivity contribution in [3.63, 3.8) is 0 Å². The van der Waals surface area contributed by atoms with E-state index in [1.54, 1.807) is 7.11 Å². The SMILES string of the molecule is COc1cc(C)ccc1C(=O)N1CCN(C(C)C)CC1. The molecule has 20 heavy (non-hydrogen) atoms. The summed E-state index contributed by atoms with van der Waals surface area (Å²) in [4.78, 5) is 16.9. The number of ether oxygens (including phenoxy) is 1. The highest BCUT2D eigenvalue weighted by Gasteiger charge is 2.25. The number of amides is 1. The number of hydrogen-bond acceptors (Lipinski definition) is 3. The summed E-state index contributed by atoms with van der Waals surface area (Å²) in [6.45, 7) is 9.84. The predicted molar refractivity (Wildman–Crippen MR) is 80.3 cm³/mol. The van der Waals surface area contributed by atoms with Crippen LogP contribution in [0.25, 0.3) is 0 Å². The summed E-state index contributed by atoms with van der Waals surface area (Å²) in [5.74, 6) is 0.742. The molecule has 1 aromatic rings. The van der Waals surface area contributed by atoms with Gasteiger partial charge in [-0.3, -0.25) is 9.69 Å². The van der Waals surface area contributed by atoms with Gasteiger partial charge in [-0.1, -0.05) is 6.07 Å². The van der Waals surface area contributed by atoms with E-state index in [2.05, 4.69) is 18.7 Å². The summed E-state index contributed by atoms with van der Waals surface area (Å²) in [6.07, 6.45) is 0. The summed E-state index contributed by atoms with van der Waals surface area (Å²) in [5.41, 5.74) is 1.76. The fourth-order valence-electron chi connectivity index (χ4n) is 2.59. The molecule has 1 aromatic carbocycles. The van der Waals surface area contributed by atoms with Crippen LogP contribution in [0.15, 0.2) is 18.2 Å². The van der Waals surface area contributed by atoms with E-state index in [0.717, 1.165) is 31.7 Å². The average molecular weight is 276 g/mol. The molecule has 0 bridgehead atoms. The molecule has 0 saturated carbocycles. The molecule has 0 radical (unpaired) electrons. The first kappa shape index (κ1) is 14.9. The molecule has 0 N–H and O–H groups in total. The zero-order valence-electron chi connectivity index (χ0n) is 12.8. The van der Waals surface area contributed by atoms with Crippen molar-refractivity contribution >= 4 is 5.91 Å². The zero-order valence-corrected chi connectivity index (χ0v) is 12.8. The van der Waals surface area contributed by atoms with Gasteiger partial charge in [0.1, 0.15) is 5.75 Å². The monoisotopic (exact) mass is 276 g/mol. The Morgan fingerprint density at radius 1 is 1.20 bits per heavy atom. The number of piperazine rings is 1. The smallest absolute Gasteiger partial charge is 0.257 e. The van der Waals surface area contributed by atoms with Gasteiger partial charge in [0, 0.05) is 32.2 Å². The second-order valence-corrected chi connectivity index (χ2v) is 5.63. The highest BCUT2D eigenvalue weighted by molar-refractivity contribution is 5.97. The fraction of sp³-hybridized carbons (Fsp3) is 0.562. The van der Waals surface area contributed by atoms with Gasteiger partial charge in [-0.25, -0.2) is 0 Å². The van der Waals surface area contributed by atoms with Crippen LogP contribution in [0.5, 0.6) is 5.75 Å². The Balaban J connectivity index is 2.09. The van der Waals surface area contributed by atoms with Gasteiger partial charge < -0.3 is 9.64 Å². The van der Waals surface area contributed by atoms with E-state index in [1.807, 2.05) is 30.0 Å². The molecule has 1 fully saturated rings. The average Bonchev–Trinajstić information content (AvgIpc) is 2.46. The van der Waals surface area contributed by atoms with Crippen molar-refractivity contribution in [2.24, 2.45) is 0 Å². The second-order valence-electron chi connectivity index (χ2n) is 5.63. The lowest BCUT2D eigenvalue weighted by atomic mass is 10.1. The number of benzene rings is 1. The van der Waals surface area contributed by atoms with E-state index in [0.29, 0.717) is 17.4 Å². The van der Waals surface area contributed by atoms with Crippen LogP contribution in [-0.2, 0) is 0 Å². The van der Waals surface area contributed by atoms with Gasteiger partial charge in [-0.2, -0.15) is 0 Å². The second kappa shape index (κ2) is 6.27. The van der Waals surface area contributed by atoms with Gasteiger partial charge in [0.2, 0.25) is 0 Å². The molecule has 0 atom stereocenters. The van der Waals surface area contributed by atoms with Gasteiger partial charge in [0.15, 0.2) is 0 Å². The van der Waals surface area contributed by atoms with Gasteiger partial charge in [0.25, 0.3) is 5.91 Å². The summed E-state index contributed by atoms with van der Waals surface area (Å²) in [5, 5.41) is 0. The van der Waals surface area contributed by atoms with Crippen LogP contribution in [0.2, 0.25) is 0 Å². The number of rotatable bonds is 3. The van der Waals surface area contributed by atoms with Crippen LogP contribution >= 0.6 is 0 Å². The minimum Gasteiger partial charge on any atom is -0.496 e. The Hall–Kier alpha value is -1.55. The maximum absolute atomic E-state index is 12.6. The molecule has 110 valence electrons. The first-order valence-corrected chi connectivity index (χ1v) is 7.21. The van der Waals surface area contributed by atoms with E-state index < -0.39 is 0 Å². The van der Waals surface area contributed by atoms with Crippen molar-refractivity contribution in [3.8, 4) is 5.75 Å². The quantitative estimate of drug-likeness (QED) is 0.848. The third-order valence-electron chi connectivity index (χ3n) is 3.92. The van der Waals surface area contributed by atoms with E-state index in [9.17, 15) is 4.79 Å². The first-order valence-electron chi connectivity index (χ1n) is 7.21. The summed E-state index contributed by atoms with van der Waals surface area (Å²) < 4.78 is 5.34. The maximum atomic E-state index is 12.6. The first-order chi connectivity index (χ1) is 9.52. The Morgan fingerprint density at radius 2 is 1.85 bits per heavy atom. The highest BCUT2D eigenvalue weighted by Crippen LogP contribution is 2.22. The van der Waals surface area contributed by atoms with Crippen LogP contribution in [-0.4, -0.2) is 55.0 Å². The van der Waals surface area contributed by atoms with Crippen molar-refractivity contribution in [3.05, 3.63) is 29.3 Å². The standard InChI is InChI=1S/C16H24N2O2/c1-12(2)17-7-9-18(10-8-17)16(19)14-6-5-13(3)11-15(14)20-4/h5-6,11-12H,7-10H2,1-4H3. The van der Waals surface area contributed by atoms with Crippen molar-refractivity contribution in [1.29, 1.82) is 0 Å². The molecule has 1 saturated heterocycles. The third kappa shape index (κ3) is 3.12. The van der Waals surface area contributed by atoms with Gasteiger partial charge >= 0.3 is 0 Å². The van der Waals surface area contributed by atoms with Crippen LogP contribution in [0, 0.1) is 6.92 Å². The number of methoxy groups -OCH3 is 1. The van der Waals surface area contributed by atoms with Crippen LogP contribution in [0.3, 0.4) is 0 Å². The van der Waals surface area contributed by atoms with Crippen molar-refractivity contribution < 1.29 is 9.53 Å². The molecule has 4 heteroatoms. The Bertz CT molecular complexity index is 477. The largest absolute Gasteiger partial charge is 0.496 e. The lowest BCUT2D eigenvalue weighted by Crippen LogP contribution is -2.50. The van der Waals surface area contributed by atoms with Crippen LogP contribution in [0.4, 0.5) is 0 Å². The van der Waals surface area contributed by atoms with Crippen molar-refractivity contribution in [2.45, 2.75) is 26.8 Å². The summed E-state index contributed by atoms with van der Waals surface area (Å²) in [7, 11) is 1.61. The molecular weight excluding hydrogens is 252 g/mol. The normalized spacial score (nSPS) is 16.6. The Morgan fingerprint density at radius 3 is 2.40 bits per heavy atom. The molecule has 1 amide bonds. The van der Waals surface area contributed by atoms with Gasteiger partial charge in [-0.15, -0.1) is 0 Å². The predicted octanol–water partition coefficient (Wildman–Crippen LogP) is 2.17. The molecular formula is C16H24N2O2. The van der Waals surface area contributed by atoms with Crippen LogP contribution in [0.1, 0.15) is 29.8 Å².